The van der Waals surface area contributed by atoms with E-state index >= 15 is 0 Å². The molecule has 26 heavy (non-hydrogen) atoms. The molecule has 2 N–H and O–H groups in total. The molecule has 2 aromatic rings. The molecule has 9 heteroatoms. The highest BCUT2D eigenvalue weighted by Gasteiger charge is 2.12. The number of nitrogens with one attached hydrogen (secondary N) is 2. The summed E-state index contributed by atoms with van der Waals surface area (Å²) in [7, 11) is 1.32. The predicted octanol–water partition coefficient (Wildman–Crippen LogP) is 1.74. The maximum absolute atomic E-state index is 12.3. The van der Waals surface area contributed by atoms with Gasteiger partial charge in [0.1, 0.15) is 0 Å². The number of aromatic nitrogens is 1. The second kappa shape index (κ2) is 9.30. The molecule has 138 valence electrons. The van der Waals surface area contributed by atoms with E-state index in [1.54, 1.807) is 12.1 Å². The summed E-state index contributed by atoms with van der Waals surface area (Å²) in [5.74, 6) is -0.791. The number of methoxy groups -OCH3 is 1. The van der Waals surface area contributed by atoms with Crippen molar-refractivity contribution in [3.8, 4) is 11.5 Å². The topological polar surface area (TPSA) is 89.6 Å². The molecular formula is C17H17F2N3O4. The third kappa shape index (κ3) is 5.69. The Morgan fingerprint density at radius 3 is 2.65 bits per heavy atom. The number of carbonyl (C=O) groups is 2. The van der Waals surface area contributed by atoms with Gasteiger partial charge in [-0.15, -0.1) is 0 Å². The largest absolute Gasteiger partial charge is 0.493 e. The minimum Gasteiger partial charge on any atom is -0.493 e. The number of amides is 2. The quantitative estimate of drug-likeness (QED) is 0.744. The molecule has 0 aliphatic heterocycles. The fourth-order valence-electron chi connectivity index (χ4n) is 2.04. The van der Waals surface area contributed by atoms with Crippen molar-refractivity contribution in [1.82, 2.24) is 15.6 Å². The van der Waals surface area contributed by atoms with Gasteiger partial charge in [-0.1, -0.05) is 6.07 Å². The lowest BCUT2D eigenvalue weighted by molar-refractivity contribution is -0.120. The van der Waals surface area contributed by atoms with Gasteiger partial charge < -0.3 is 20.1 Å². The zero-order chi connectivity index (χ0) is 18.9. The smallest absolute Gasteiger partial charge is 0.387 e. The molecule has 0 unspecified atom stereocenters. The zero-order valence-corrected chi connectivity index (χ0v) is 13.9. The van der Waals surface area contributed by atoms with Crippen molar-refractivity contribution in [2.24, 2.45) is 0 Å². The van der Waals surface area contributed by atoms with Crippen LogP contribution in [0.3, 0.4) is 0 Å². The highest BCUT2D eigenvalue weighted by molar-refractivity contribution is 5.96. The number of pyridine rings is 1. The van der Waals surface area contributed by atoms with Gasteiger partial charge in [-0.05, 0) is 29.8 Å². The Kier molecular flexibility index (Phi) is 6.84. The van der Waals surface area contributed by atoms with E-state index in [4.69, 9.17) is 4.74 Å². The average Bonchev–Trinajstić information content (AvgIpc) is 2.65. The molecule has 0 aliphatic carbocycles. The molecule has 7 nitrogen and oxygen atoms in total. The van der Waals surface area contributed by atoms with Gasteiger partial charge >= 0.3 is 6.61 Å². The Balaban J connectivity index is 1.84. The van der Waals surface area contributed by atoms with E-state index in [2.05, 4.69) is 20.4 Å². The van der Waals surface area contributed by atoms with Crippen LogP contribution >= 0.6 is 0 Å². The molecular weight excluding hydrogens is 348 g/mol. The van der Waals surface area contributed by atoms with Crippen molar-refractivity contribution in [2.45, 2.75) is 13.2 Å². The molecule has 1 aromatic carbocycles. The van der Waals surface area contributed by atoms with E-state index in [0.29, 0.717) is 11.1 Å². The third-order valence-electron chi connectivity index (χ3n) is 3.27. The van der Waals surface area contributed by atoms with Gasteiger partial charge in [-0.25, -0.2) is 0 Å². The minimum atomic E-state index is -2.96. The van der Waals surface area contributed by atoms with Crippen LogP contribution in [0.5, 0.6) is 11.5 Å². The molecule has 2 rings (SSSR count). The fraction of sp³-hybridized carbons (Fsp3) is 0.235. The zero-order valence-electron chi connectivity index (χ0n) is 13.9. The van der Waals surface area contributed by atoms with E-state index < -0.39 is 18.4 Å². The third-order valence-corrected chi connectivity index (χ3v) is 3.27. The molecule has 1 aromatic heterocycles. The summed E-state index contributed by atoms with van der Waals surface area (Å²) in [6.45, 7) is -3.04. The lowest BCUT2D eigenvalue weighted by atomic mass is 10.2. The normalized spacial score (nSPS) is 10.3. The molecule has 0 fully saturated rings. The van der Waals surface area contributed by atoms with Crippen LogP contribution in [0.25, 0.3) is 0 Å². The summed E-state index contributed by atoms with van der Waals surface area (Å²) in [4.78, 5) is 27.5. The lowest BCUT2D eigenvalue weighted by Gasteiger charge is -2.12. The first kappa shape index (κ1) is 19.1. The summed E-state index contributed by atoms with van der Waals surface area (Å²) in [6, 6.07) is 7.52. The van der Waals surface area contributed by atoms with Crippen LogP contribution in [0.15, 0.2) is 42.7 Å². The monoisotopic (exact) mass is 365 g/mol. The van der Waals surface area contributed by atoms with Crippen molar-refractivity contribution >= 4 is 11.8 Å². The van der Waals surface area contributed by atoms with Gasteiger partial charge in [0, 0.05) is 18.9 Å². The number of rotatable bonds is 8. The first-order chi connectivity index (χ1) is 12.5. The Morgan fingerprint density at radius 2 is 2.00 bits per heavy atom. The second-order valence-electron chi connectivity index (χ2n) is 5.06. The lowest BCUT2D eigenvalue weighted by Crippen LogP contribution is -2.36. The molecule has 0 saturated heterocycles. The maximum atomic E-state index is 12.3. The van der Waals surface area contributed by atoms with Gasteiger partial charge in [0.25, 0.3) is 5.91 Å². The summed E-state index contributed by atoms with van der Waals surface area (Å²) in [5.41, 5.74) is 0.968. The Morgan fingerprint density at radius 1 is 1.19 bits per heavy atom. The van der Waals surface area contributed by atoms with Crippen LogP contribution in [0, 0.1) is 0 Å². The number of carbonyl (C=O) groups excluding carboxylic acids is 2. The molecule has 1 heterocycles. The SMILES string of the molecule is COc1cc(CNC(=O)CNC(=O)c2cccnc2)ccc1OC(F)F. The molecule has 2 amide bonds. The van der Waals surface area contributed by atoms with E-state index in [-0.39, 0.29) is 24.6 Å². The Bertz CT molecular complexity index is 757. The van der Waals surface area contributed by atoms with Crippen LogP contribution in [-0.4, -0.2) is 37.1 Å². The number of alkyl halides is 2. The van der Waals surface area contributed by atoms with Gasteiger partial charge in [0.2, 0.25) is 5.91 Å². The van der Waals surface area contributed by atoms with Gasteiger partial charge in [-0.3, -0.25) is 14.6 Å². The first-order valence-corrected chi connectivity index (χ1v) is 7.56. The molecule has 0 spiro atoms. The van der Waals surface area contributed by atoms with E-state index in [9.17, 15) is 18.4 Å². The maximum Gasteiger partial charge on any atom is 0.387 e. The molecule has 0 aliphatic rings. The molecule has 0 saturated carbocycles. The number of nitrogens with zero attached hydrogens (tertiary/aromatic N) is 1. The van der Waals surface area contributed by atoms with Crippen molar-refractivity contribution in [3.05, 3.63) is 53.9 Å². The number of benzene rings is 1. The number of halogens is 2. The van der Waals surface area contributed by atoms with Gasteiger partial charge in [0.15, 0.2) is 11.5 Å². The number of hydrogen-bond acceptors (Lipinski definition) is 5. The van der Waals surface area contributed by atoms with E-state index in [0.717, 1.165) is 0 Å². The van der Waals surface area contributed by atoms with Crippen LogP contribution in [0.2, 0.25) is 0 Å². The summed E-state index contributed by atoms with van der Waals surface area (Å²) in [5, 5.41) is 5.07. The molecule has 0 radical (unpaired) electrons. The summed E-state index contributed by atoms with van der Waals surface area (Å²) in [6.07, 6.45) is 2.93. The fourth-order valence-corrected chi connectivity index (χ4v) is 2.04. The van der Waals surface area contributed by atoms with Crippen molar-refractivity contribution in [1.29, 1.82) is 0 Å². The highest BCUT2D eigenvalue weighted by Crippen LogP contribution is 2.29. The number of hydrogen-bond donors (Lipinski definition) is 2. The van der Waals surface area contributed by atoms with Crippen molar-refractivity contribution in [2.75, 3.05) is 13.7 Å². The van der Waals surface area contributed by atoms with Gasteiger partial charge in [0.05, 0.1) is 19.2 Å². The van der Waals surface area contributed by atoms with Crippen LogP contribution < -0.4 is 20.1 Å². The second-order valence-corrected chi connectivity index (χ2v) is 5.06. The van der Waals surface area contributed by atoms with E-state index in [1.165, 1.54) is 37.7 Å². The molecule has 0 bridgehead atoms. The van der Waals surface area contributed by atoms with Crippen molar-refractivity contribution < 1.29 is 27.8 Å². The Hall–Kier alpha value is -3.23. The summed E-state index contributed by atoms with van der Waals surface area (Å²) < 4.78 is 33.9. The Labute approximate surface area is 148 Å². The standard InChI is InChI=1S/C17H17F2N3O4/c1-25-14-7-11(4-5-13(14)26-17(18)19)8-21-15(23)10-22-16(24)12-3-2-6-20-9-12/h2-7,9,17H,8,10H2,1H3,(H,21,23)(H,22,24). The van der Waals surface area contributed by atoms with Crippen LogP contribution in [-0.2, 0) is 11.3 Å². The molecule has 0 atom stereocenters. The van der Waals surface area contributed by atoms with Crippen molar-refractivity contribution in [3.63, 3.8) is 0 Å². The number of ether oxygens (including phenoxy) is 2. The first-order valence-electron chi connectivity index (χ1n) is 7.56. The van der Waals surface area contributed by atoms with Crippen LogP contribution in [0.1, 0.15) is 15.9 Å². The minimum absolute atomic E-state index is 0.0960. The van der Waals surface area contributed by atoms with Crippen LogP contribution in [0.4, 0.5) is 8.78 Å². The average molecular weight is 365 g/mol. The van der Waals surface area contributed by atoms with E-state index in [1.807, 2.05) is 0 Å². The predicted molar refractivity (Wildman–Crippen MR) is 88.0 cm³/mol. The highest BCUT2D eigenvalue weighted by atomic mass is 19.3. The van der Waals surface area contributed by atoms with Gasteiger partial charge in [-0.2, -0.15) is 8.78 Å². The summed E-state index contributed by atoms with van der Waals surface area (Å²) >= 11 is 0.